The number of rotatable bonds is 6. The molecule has 0 saturated carbocycles. The van der Waals surface area contributed by atoms with Gasteiger partial charge in [0.05, 0.1) is 11.6 Å². The zero-order valence-electron chi connectivity index (χ0n) is 16.5. The Morgan fingerprint density at radius 2 is 2.07 bits per heavy atom. The van der Waals surface area contributed by atoms with Crippen LogP contribution in [-0.4, -0.2) is 59.7 Å². The van der Waals surface area contributed by atoms with Crippen molar-refractivity contribution >= 4 is 16.1 Å². The van der Waals surface area contributed by atoms with Crippen molar-refractivity contribution < 1.29 is 13.2 Å². The molecule has 0 aliphatic carbocycles. The van der Waals surface area contributed by atoms with Crippen LogP contribution >= 0.6 is 0 Å². The van der Waals surface area contributed by atoms with Gasteiger partial charge >= 0.3 is 0 Å². The van der Waals surface area contributed by atoms with E-state index in [4.69, 9.17) is 0 Å². The van der Waals surface area contributed by atoms with Crippen molar-refractivity contribution in [2.75, 3.05) is 27.2 Å². The van der Waals surface area contributed by atoms with Gasteiger partial charge in [-0.25, -0.2) is 4.98 Å². The molecule has 1 aromatic heterocycles. The van der Waals surface area contributed by atoms with E-state index in [1.165, 1.54) is 22.7 Å². The topological polar surface area (TPSA) is 87.5 Å². The summed E-state index contributed by atoms with van der Waals surface area (Å²) in [5, 5.41) is 2.98. The van der Waals surface area contributed by atoms with Crippen LogP contribution < -0.4 is 5.32 Å². The van der Waals surface area contributed by atoms with E-state index in [2.05, 4.69) is 10.3 Å². The SMILES string of the molecule is Cc1nccn1-c1ccccc1CNC(=O)[C@@H]1CCCN(S(=O)(=O)N(C)C)C1. The Bertz CT molecular complexity index is 939. The predicted molar refractivity (Wildman–Crippen MR) is 107 cm³/mol. The zero-order chi connectivity index (χ0) is 20.3. The van der Waals surface area contributed by atoms with E-state index in [0.717, 1.165) is 17.1 Å². The number of piperidine rings is 1. The number of aryl methyl sites for hydroxylation is 1. The summed E-state index contributed by atoms with van der Waals surface area (Å²) < 4.78 is 29.3. The van der Waals surface area contributed by atoms with Crippen molar-refractivity contribution in [3.8, 4) is 5.69 Å². The first-order valence-corrected chi connectivity index (χ1v) is 10.7. The Labute approximate surface area is 166 Å². The number of amides is 1. The molecule has 28 heavy (non-hydrogen) atoms. The number of hydrogen-bond acceptors (Lipinski definition) is 4. The number of hydrogen-bond donors (Lipinski definition) is 1. The van der Waals surface area contributed by atoms with Crippen LogP contribution in [0.25, 0.3) is 5.69 Å². The third-order valence-electron chi connectivity index (χ3n) is 5.07. The number of nitrogens with one attached hydrogen (secondary N) is 1. The van der Waals surface area contributed by atoms with Crippen molar-refractivity contribution in [3.05, 3.63) is 48.0 Å². The second-order valence-corrected chi connectivity index (χ2v) is 9.32. The fraction of sp³-hybridized carbons (Fsp3) is 0.474. The number of nitrogens with zero attached hydrogens (tertiary/aromatic N) is 4. The lowest BCUT2D eigenvalue weighted by atomic mass is 9.98. The van der Waals surface area contributed by atoms with Gasteiger partial charge < -0.3 is 9.88 Å². The summed E-state index contributed by atoms with van der Waals surface area (Å²) in [6, 6.07) is 7.84. The van der Waals surface area contributed by atoms with E-state index in [-0.39, 0.29) is 18.4 Å². The molecular weight excluding hydrogens is 378 g/mol. The Balaban J connectivity index is 1.68. The lowest BCUT2D eigenvalue weighted by molar-refractivity contribution is -0.126. The second-order valence-electron chi connectivity index (χ2n) is 7.18. The summed E-state index contributed by atoms with van der Waals surface area (Å²) in [7, 11) is -0.482. The minimum Gasteiger partial charge on any atom is -0.352 e. The average Bonchev–Trinajstić information content (AvgIpc) is 3.12. The standard InChI is InChI=1S/C19H27N5O3S/c1-15-20-10-12-24(15)18-9-5-4-7-16(18)13-21-19(25)17-8-6-11-23(14-17)28(26,27)22(2)3/h4-5,7,9-10,12,17H,6,8,11,13-14H2,1-3H3,(H,21,25)/t17-/m1/s1. The van der Waals surface area contributed by atoms with Crippen LogP contribution in [0.3, 0.4) is 0 Å². The van der Waals surface area contributed by atoms with Crippen LogP contribution in [0.2, 0.25) is 0 Å². The molecule has 1 atom stereocenters. The molecular formula is C19H27N5O3S. The van der Waals surface area contributed by atoms with Crippen LogP contribution in [0.5, 0.6) is 0 Å². The van der Waals surface area contributed by atoms with Crippen LogP contribution in [0.15, 0.2) is 36.7 Å². The first-order valence-electron chi connectivity index (χ1n) is 9.34. The molecule has 1 aliphatic rings. The Morgan fingerprint density at radius 3 is 2.75 bits per heavy atom. The number of carbonyl (C=O) groups is 1. The van der Waals surface area contributed by atoms with Gasteiger partial charge in [-0.2, -0.15) is 17.0 Å². The van der Waals surface area contributed by atoms with Crippen molar-refractivity contribution in [2.45, 2.75) is 26.3 Å². The van der Waals surface area contributed by atoms with Crippen molar-refractivity contribution in [1.29, 1.82) is 0 Å². The molecule has 1 aliphatic heterocycles. The first-order chi connectivity index (χ1) is 13.3. The number of para-hydroxylation sites is 1. The summed E-state index contributed by atoms with van der Waals surface area (Å²) in [6.45, 7) is 2.97. The number of imidazole rings is 1. The molecule has 1 fully saturated rings. The summed E-state index contributed by atoms with van der Waals surface area (Å²) in [5.74, 6) is 0.414. The monoisotopic (exact) mass is 405 g/mol. The highest BCUT2D eigenvalue weighted by atomic mass is 32.2. The average molecular weight is 406 g/mol. The van der Waals surface area contributed by atoms with E-state index in [9.17, 15) is 13.2 Å². The van der Waals surface area contributed by atoms with Crippen molar-refractivity contribution in [2.24, 2.45) is 5.92 Å². The molecule has 152 valence electrons. The van der Waals surface area contributed by atoms with Gasteiger partial charge in [0.1, 0.15) is 5.82 Å². The van der Waals surface area contributed by atoms with Crippen LogP contribution in [0, 0.1) is 12.8 Å². The smallest absolute Gasteiger partial charge is 0.281 e. The highest BCUT2D eigenvalue weighted by molar-refractivity contribution is 7.86. The Morgan fingerprint density at radius 1 is 1.32 bits per heavy atom. The summed E-state index contributed by atoms with van der Waals surface area (Å²) in [6.07, 6.45) is 5.00. The highest BCUT2D eigenvalue weighted by Crippen LogP contribution is 2.21. The molecule has 2 heterocycles. The Hall–Kier alpha value is -2.23. The normalized spacial score (nSPS) is 18.4. The molecule has 2 aromatic rings. The van der Waals surface area contributed by atoms with E-state index in [1.54, 1.807) is 6.20 Å². The lowest BCUT2D eigenvalue weighted by Gasteiger charge is -2.32. The van der Waals surface area contributed by atoms with Crippen molar-refractivity contribution in [3.63, 3.8) is 0 Å². The van der Waals surface area contributed by atoms with Gasteiger partial charge in [0.25, 0.3) is 10.2 Å². The minimum absolute atomic E-state index is 0.115. The van der Waals surface area contributed by atoms with Crippen LogP contribution in [-0.2, 0) is 21.5 Å². The van der Waals surface area contributed by atoms with Gasteiger partial charge in [0.15, 0.2) is 0 Å². The summed E-state index contributed by atoms with van der Waals surface area (Å²) in [5.41, 5.74) is 1.95. The molecule has 3 rings (SSSR count). The van der Waals surface area contributed by atoms with Gasteiger partial charge in [-0.15, -0.1) is 0 Å². The molecule has 9 heteroatoms. The quantitative estimate of drug-likeness (QED) is 0.785. The van der Waals surface area contributed by atoms with Gasteiger partial charge in [-0.05, 0) is 31.4 Å². The number of carbonyl (C=O) groups excluding carboxylic acids is 1. The molecule has 0 spiro atoms. The van der Waals surface area contributed by atoms with E-state index < -0.39 is 10.2 Å². The molecule has 0 unspecified atom stereocenters. The summed E-state index contributed by atoms with van der Waals surface area (Å²) >= 11 is 0. The fourth-order valence-corrected chi connectivity index (χ4v) is 4.64. The maximum atomic E-state index is 12.7. The third kappa shape index (κ3) is 4.26. The second kappa shape index (κ2) is 8.42. The molecule has 1 saturated heterocycles. The largest absolute Gasteiger partial charge is 0.352 e. The fourth-order valence-electron chi connectivity index (χ4n) is 3.45. The number of aromatic nitrogens is 2. The zero-order valence-corrected chi connectivity index (χ0v) is 17.3. The first kappa shape index (κ1) is 20.5. The van der Waals surface area contributed by atoms with Crippen LogP contribution in [0.4, 0.5) is 0 Å². The van der Waals surface area contributed by atoms with Gasteiger partial charge in [-0.1, -0.05) is 18.2 Å². The van der Waals surface area contributed by atoms with Gasteiger partial charge in [-0.3, -0.25) is 4.79 Å². The molecule has 1 aromatic carbocycles. The lowest BCUT2D eigenvalue weighted by Crippen LogP contribution is -2.48. The minimum atomic E-state index is -3.50. The maximum absolute atomic E-state index is 12.7. The van der Waals surface area contributed by atoms with E-state index in [0.29, 0.717) is 25.9 Å². The Kier molecular flexibility index (Phi) is 6.17. The molecule has 8 nitrogen and oxygen atoms in total. The van der Waals surface area contributed by atoms with Crippen molar-refractivity contribution in [1.82, 2.24) is 23.5 Å². The molecule has 0 radical (unpaired) electrons. The third-order valence-corrected chi connectivity index (χ3v) is 6.98. The number of benzene rings is 1. The predicted octanol–water partition coefficient (Wildman–Crippen LogP) is 1.32. The van der Waals surface area contributed by atoms with Crippen LogP contribution in [0.1, 0.15) is 24.2 Å². The van der Waals surface area contributed by atoms with E-state index in [1.807, 2.05) is 42.0 Å². The highest BCUT2D eigenvalue weighted by Gasteiger charge is 2.33. The summed E-state index contributed by atoms with van der Waals surface area (Å²) in [4.78, 5) is 17.0. The molecule has 0 bridgehead atoms. The molecule has 1 N–H and O–H groups in total. The van der Waals surface area contributed by atoms with Gasteiger partial charge in [0.2, 0.25) is 5.91 Å². The van der Waals surface area contributed by atoms with E-state index >= 15 is 0 Å². The van der Waals surface area contributed by atoms with Gasteiger partial charge in [0, 0.05) is 46.1 Å². The molecule has 1 amide bonds. The maximum Gasteiger partial charge on any atom is 0.281 e.